The maximum atomic E-state index is 12.5. The molecule has 0 atom stereocenters. The maximum Gasteiger partial charge on any atom is 0.247 e. The van der Waals surface area contributed by atoms with Gasteiger partial charge < -0.3 is 4.42 Å². The smallest absolute Gasteiger partial charge is 0.247 e. The summed E-state index contributed by atoms with van der Waals surface area (Å²) in [7, 11) is 0. The van der Waals surface area contributed by atoms with Crippen molar-refractivity contribution in [2.45, 2.75) is 13.3 Å². The summed E-state index contributed by atoms with van der Waals surface area (Å²) in [6.07, 6.45) is 7.88. The Kier molecular flexibility index (Phi) is 4.90. The number of ketones is 1. The van der Waals surface area contributed by atoms with Crippen LogP contribution in [0.4, 0.5) is 0 Å². The topological polar surface area (TPSA) is 94.7 Å². The summed E-state index contributed by atoms with van der Waals surface area (Å²) in [6, 6.07) is 7.05. The zero-order chi connectivity index (χ0) is 19.5. The van der Waals surface area contributed by atoms with E-state index in [2.05, 4.69) is 25.1 Å². The van der Waals surface area contributed by atoms with E-state index in [0.29, 0.717) is 33.4 Å². The molecule has 0 unspecified atom stereocenters. The van der Waals surface area contributed by atoms with Crippen molar-refractivity contribution in [1.82, 2.24) is 25.1 Å². The highest BCUT2D eigenvalue weighted by molar-refractivity contribution is 6.33. The van der Waals surface area contributed by atoms with E-state index in [1.807, 2.05) is 13.0 Å². The highest BCUT2D eigenvalue weighted by atomic mass is 35.5. The molecule has 3 aromatic heterocycles. The van der Waals surface area contributed by atoms with Gasteiger partial charge in [0.2, 0.25) is 12.3 Å². The van der Waals surface area contributed by atoms with Crippen molar-refractivity contribution in [3.8, 4) is 22.7 Å². The fraction of sp³-hybridized carbons (Fsp3) is 0.100. The van der Waals surface area contributed by atoms with Crippen molar-refractivity contribution in [2.75, 3.05) is 0 Å². The second-order valence-electron chi connectivity index (χ2n) is 6.12. The Morgan fingerprint density at radius 3 is 2.75 bits per heavy atom. The molecule has 4 aromatic rings. The van der Waals surface area contributed by atoms with Gasteiger partial charge in [-0.1, -0.05) is 11.6 Å². The van der Waals surface area contributed by atoms with Crippen molar-refractivity contribution < 1.29 is 9.21 Å². The van der Waals surface area contributed by atoms with Gasteiger partial charge in [-0.15, -0.1) is 10.2 Å². The molecule has 0 radical (unpaired) electrons. The van der Waals surface area contributed by atoms with Crippen LogP contribution in [0.3, 0.4) is 0 Å². The molecule has 28 heavy (non-hydrogen) atoms. The predicted octanol–water partition coefficient (Wildman–Crippen LogP) is 3.98. The predicted molar refractivity (Wildman–Crippen MR) is 103 cm³/mol. The Balaban J connectivity index is 1.58. The van der Waals surface area contributed by atoms with Crippen LogP contribution in [0.5, 0.6) is 0 Å². The number of hydrogen-bond donors (Lipinski definition) is 0. The van der Waals surface area contributed by atoms with Crippen LogP contribution in [0.25, 0.3) is 22.7 Å². The minimum Gasteiger partial charge on any atom is -0.423 e. The van der Waals surface area contributed by atoms with Crippen LogP contribution in [-0.2, 0) is 6.42 Å². The van der Waals surface area contributed by atoms with Crippen LogP contribution in [0.2, 0.25) is 5.02 Å². The van der Waals surface area contributed by atoms with Crippen molar-refractivity contribution in [1.29, 1.82) is 0 Å². The number of hydrogen-bond acceptors (Lipinski definition) is 7. The Labute approximate surface area is 165 Å². The molecule has 0 amide bonds. The number of carbonyl (C=O) groups excluding carboxylic acids is 1. The molecule has 3 heterocycles. The third-order valence-electron chi connectivity index (χ3n) is 4.22. The highest BCUT2D eigenvalue weighted by Crippen LogP contribution is 2.30. The second kappa shape index (κ2) is 7.66. The lowest BCUT2D eigenvalue weighted by Gasteiger charge is -2.07. The summed E-state index contributed by atoms with van der Waals surface area (Å²) in [6.45, 7) is 1.85. The van der Waals surface area contributed by atoms with Gasteiger partial charge >= 0.3 is 0 Å². The van der Waals surface area contributed by atoms with Gasteiger partial charge in [-0.05, 0) is 36.8 Å². The standard InChI is InChI=1S/C20H14ClN5O2/c1-12-8-22-5-4-15(12)19(27)7-14-9-24-18(10-23-14)16-6-13(2-3-17(16)21)20-26-25-11-28-20/h2-6,8-11H,7H2,1H3. The third kappa shape index (κ3) is 3.65. The van der Waals surface area contributed by atoms with E-state index in [1.165, 1.54) is 6.39 Å². The molecule has 1 aromatic carbocycles. The SMILES string of the molecule is Cc1cnccc1C(=O)Cc1cnc(-c2cc(-c3nnco3)ccc2Cl)cn1. The zero-order valence-corrected chi connectivity index (χ0v) is 15.6. The van der Waals surface area contributed by atoms with E-state index in [0.717, 1.165) is 11.1 Å². The molecular weight excluding hydrogens is 378 g/mol. The lowest BCUT2D eigenvalue weighted by Crippen LogP contribution is -2.07. The van der Waals surface area contributed by atoms with Gasteiger partial charge in [-0.3, -0.25) is 19.7 Å². The summed E-state index contributed by atoms with van der Waals surface area (Å²) < 4.78 is 5.22. The number of rotatable bonds is 5. The molecule has 0 aliphatic rings. The molecule has 7 nitrogen and oxygen atoms in total. The molecule has 0 bridgehead atoms. The first-order valence-corrected chi connectivity index (χ1v) is 8.81. The van der Waals surface area contributed by atoms with E-state index < -0.39 is 0 Å². The molecule has 4 rings (SSSR count). The van der Waals surface area contributed by atoms with E-state index in [1.54, 1.807) is 43.0 Å². The largest absolute Gasteiger partial charge is 0.423 e. The van der Waals surface area contributed by atoms with Gasteiger partial charge in [0, 0.05) is 35.3 Å². The molecule has 0 N–H and O–H groups in total. The van der Waals surface area contributed by atoms with E-state index in [9.17, 15) is 4.79 Å². The van der Waals surface area contributed by atoms with Gasteiger partial charge in [0.05, 0.1) is 29.0 Å². The molecule has 0 saturated carbocycles. The van der Waals surface area contributed by atoms with Crippen molar-refractivity contribution >= 4 is 17.4 Å². The maximum absolute atomic E-state index is 12.5. The number of aryl methyl sites for hydroxylation is 1. The first kappa shape index (κ1) is 17.9. The lowest BCUT2D eigenvalue weighted by molar-refractivity contribution is 0.0991. The Bertz CT molecular complexity index is 1130. The average Bonchev–Trinajstić information content (AvgIpc) is 3.24. The zero-order valence-electron chi connectivity index (χ0n) is 14.8. The first-order valence-electron chi connectivity index (χ1n) is 8.43. The Morgan fingerprint density at radius 1 is 1.14 bits per heavy atom. The van der Waals surface area contributed by atoms with E-state index >= 15 is 0 Å². The van der Waals surface area contributed by atoms with Gasteiger partial charge in [-0.25, -0.2) is 0 Å². The monoisotopic (exact) mass is 391 g/mol. The molecule has 0 saturated heterocycles. The Hall–Kier alpha value is -3.45. The minimum absolute atomic E-state index is 0.0293. The van der Waals surface area contributed by atoms with Crippen LogP contribution in [0, 0.1) is 6.92 Å². The Morgan fingerprint density at radius 2 is 2.04 bits per heavy atom. The number of nitrogens with zero attached hydrogens (tertiary/aromatic N) is 5. The van der Waals surface area contributed by atoms with Crippen LogP contribution >= 0.6 is 11.6 Å². The number of aromatic nitrogens is 5. The van der Waals surface area contributed by atoms with Crippen LogP contribution < -0.4 is 0 Å². The van der Waals surface area contributed by atoms with Gasteiger partial charge in [0.25, 0.3) is 0 Å². The van der Waals surface area contributed by atoms with Crippen molar-refractivity contribution in [2.24, 2.45) is 0 Å². The molecular formula is C20H14ClN5O2. The summed E-state index contributed by atoms with van der Waals surface area (Å²) >= 11 is 6.32. The second-order valence-corrected chi connectivity index (χ2v) is 6.53. The minimum atomic E-state index is -0.0293. The number of halogens is 1. The van der Waals surface area contributed by atoms with Crippen molar-refractivity contribution in [3.63, 3.8) is 0 Å². The number of carbonyl (C=O) groups is 1. The van der Waals surface area contributed by atoms with Crippen molar-refractivity contribution in [3.05, 3.63) is 77.3 Å². The summed E-state index contributed by atoms with van der Waals surface area (Å²) in [5.74, 6) is 0.360. The lowest BCUT2D eigenvalue weighted by atomic mass is 10.0. The summed E-state index contributed by atoms with van der Waals surface area (Å²) in [4.78, 5) is 25.3. The quantitative estimate of drug-likeness (QED) is 0.475. The fourth-order valence-corrected chi connectivity index (χ4v) is 3.00. The number of benzene rings is 1. The van der Waals surface area contributed by atoms with Gasteiger partial charge in [0.15, 0.2) is 5.78 Å². The molecule has 8 heteroatoms. The molecule has 0 fully saturated rings. The third-order valence-corrected chi connectivity index (χ3v) is 4.55. The number of Topliss-reactive ketones (excluding diaryl/α,β-unsaturated/α-hetero) is 1. The molecule has 0 spiro atoms. The van der Waals surface area contributed by atoms with Gasteiger partial charge in [0.1, 0.15) is 0 Å². The first-order chi connectivity index (χ1) is 13.6. The molecule has 138 valence electrons. The van der Waals surface area contributed by atoms with Crippen LogP contribution in [-0.4, -0.2) is 30.9 Å². The normalized spacial score (nSPS) is 10.8. The van der Waals surface area contributed by atoms with Crippen LogP contribution in [0.1, 0.15) is 21.6 Å². The van der Waals surface area contributed by atoms with E-state index in [-0.39, 0.29) is 12.2 Å². The van der Waals surface area contributed by atoms with Crippen LogP contribution in [0.15, 0.2) is 59.9 Å². The summed E-state index contributed by atoms with van der Waals surface area (Å²) in [5.41, 5.74) is 4.05. The molecule has 0 aliphatic heterocycles. The summed E-state index contributed by atoms with van der Waals surface area (Å²) in [5, 5.41) is 8.10. The number of pyridine rings is 1. The van der Waals surface area contributed by atoms with E-state index in [4.69, 9.17) is 16.0 Å². The fourth-order valence-electron chi connectivity index (χ4n) is 2.78. The molecule has 0 aliphatic carbocycles. The van der Waals surface area contributed by atoms with Gasteiger partial charge in [-0.2, -0.15) is 0 Å². The highest BCUT2D eigenvalue weighted by Gasteiger charge is 2.13. The average molecular weight is 392 g/mol.